The summed E-state index contributed by atoms with van der Waals surface area (Å²) < 4.78 is 1.20. The van der Waals surface area contributed by atoms with Gasteiger partial charge in [-0.3, -0.25) is 4.79 Å². The van der Waals surface area contributed by atoms with Crippen LogP contribution in [-0.4, -0.2) is 47.0 Å². The monoisotopic (exact) mass is 384 g/mol. The van der Waals surface area contributed by atoms with Crippen molar-refractivity contribution in [2.24, 2.45) is 17.8 Å². The number of nitrogens with zero attached hydrogens (tertiary/aromatic N) is 4. The van der Waals surface area contributed by atoms with Gasteiger partial charge in [-0.05, 0) is 61.3 Å². The second kappa shape index (κ2) is 7.04. The molecule has 0 radical (unpaired) electrons. The molecule has 2 saturated heterocycles. The molecule has 144 valence electrons. The molecule has 2 unspecified atom stereocenters. The minimum atomic E-state index is 0.404. The van der Waals surface area contributed by atoms with Gasteiger partial charge < -0.3 is 9.80 Å². The van der Waals surface area contributed by atoms with Gasteiger partial charge in [0.25, 0.3) is 0 Å². The van der Waals surface area contributed by atoms with E-state index in [0.29, 0.717) is 11.8 Å². The average Bonchev–Trinajstić information content (AvgIpc) is 3.37. The number of likely N-dealkylation sites (tertiary alicyclic amines) is 1. The molecule has 27 heavy (non-hydrogen) atoms. The number of aromatic nitrogens is 2. The van der Waals surface area contributed by atoms with Gasteiger partial charge in [0.05, 0.1) is 10.2 Å². The predicted octanol–water partition coefficient (Wildman–Crippen LogP) is 3.86. The fourth-order valence-corrected chi connectivity index (χ4v) is 6.36. The van der Waals surface area contributed by atoms with Gasteiger partial charge in [0.1, 0.15) is 12.1 Å². The number of rotatable bonds is 3. The summed E-state index contributed by atoms with van der Waals surface area (Å²) in [4.78, 5) is 26.3. The number of piperidine rings is 1. The smallest absolute Gasteiger partial charge is 0.222 e. The van der Waals surface area contributed by atoms with E-state index < -0.39 is 0 Å². The fraction of sp³-hybridized carbons (Fsp3) is 0.667. The van der Waals surface area contributed by atoms with Crippen molar-refractivity contribution in [3.05, 3.63) is 17.3 Å². The Kier molecular flexibility index (Phi) is 4.54. The highest BCUT2D eigenvalue weighted by Crippen LogP contribution is 2.38. The molecule has 6 heteroatoms. The molecule has 1 saturated carbocycles. The van der Waals surface area contributed by atoms with Crippen LogP contribution < -0.4 is 4.90 Å². The number of carbonyl (C=O) groups is 1. The van der Waals surface area contributed by atoms with Gasteiger partial charge in [0, 0.05) is 32.6 Å². The molecule has 5 nitrogen and oxygen atoms in total. The maximum atomic E-state index is 12.8. The zero-order valence-corrected chi connectivity index (χ0v) is 16.9. The highest BCUT2D eigenvalue weighted by Gasteiger charge is 2.38. The molecule has 2 aromatic rings. The average molecular weight is 385 g/mol. The summed E-state index contributed by atoms with van der Waals surface area (Å²) in [6.07, 6.45) is 8.65. The molecule has 0 N–H and O–H groups in total. The first-order valence-electron chi connectivity index (χ1n) is 10.4. The minimum absolute atomic E-state index is 0.404. The number of fused-ring (bicyclic) bond motifs is 2. The topological polar surface area (TPSA) is 49.3 Å². The van der Waals surface area contributed by atoms with Gasteiger partial charge >= 0.3 is 0 Å². The van der Waals surface area contributed by atoms with E-state index in [4.69, 9.17) is 0 Å². The van der Waals surface area contributed by atoms with E-state index in [1.165, 1.54) is 29.5 Å². The first-order chi connectivity index (χ1) is 13.2. The zero-order chi connectivity index (χ0) is 18.4. The van der Waals surface area contributed by atoms with Gasteiger partial charge in [-0.1, -0.05) is 6.42 Å². The Labute approximate surface area is 164 Å². The van der Waals surface area contributed by atoms with Gasteiger partial charge in [0.2, 0.25) is 5.91 Å². The molecule has 0 aromatic carbocycles. The molecule has 3 fully saturated rings. The van der Waals surface area contributed by atoms with Crippen molar-refractivity contribution in [1.29, 1.82) is 0 Å². The van der Waals surface area contributed by atoms with E-state index in [1.807, 2.05) is 0 Å². The molecule has 3 aliphatic rings. The lowest BCUT2D eigenvalue weighted by molar-refractivity contribution is -0.131. The largest absolute Gasteiger partial charge is 0.355 e. The molecule has 1 amide bonds. The number of thiophene rings is 1. The molecule has 1 aliphatic carbocycles. The van der Waals surface area contributed by atoms with Crippen LogP contribution in [0.3, 0.4) is 0 Å². The Morgan fingerprint density at radius 1 is 1.15 bits per heavy atom. The van der Waals surface area contributed by atoms with Gasteiger partial charge in [0.15, 0.2) is 0 Å². The van der Waals surface area contributed by atoms with Crippen LogP contribution >= 0.6 is 11.3 Å². The second-order valence-electron chi connectivity index (χ2n) is 8.68. The van der Waals surface area contributed by atoms with E-state index in [-0.39, 0.29) is 0 Å². The van der Waals surface area contributed by atoms with Crippen molar-refractivity contribution >= 4 is 33.3 Å². The lowest BCUT2D eigenvalue weighted by Crippen LogP contribution is -2.37. The Balaban J connectivity index is 1.19. The van der Waals surface area contributed by atoms with Crippen molar-refractivity contribution < 1.29 is 4.79 Å². The summed E-state index contributed by atoms with van der Waals surface area (Å²) >= 11 is 1.74. The Hall–Kier alpha value is -1.69. The van der Waals surface area contributed by atoms with Gasteiger partial charge in [-0.25, -0.2) is 9.97 Å². The number of aryl methyl sites for hydroxylation is 1. The molecule has 4 heterocycles. The summed E-state index contributed by atoms with van der Waals surface area (Å²) in [7, 11) is 0. The lowest BCUT2D eigenvalue weighted by atomic mass is 9.93. The quantitative estimate of drug-likeness (QED) is 0.806. The third-order valence-corrected chi connectivity index (χ3v) is 8.05. The summed E-state index contributed by atoms with van der Waals surface area (Å²) in [5.74, 6) is 3.60. The van der Waals surface area contributed by atoms with Crippen molar-refractivity contribution in [3.8, 4) is 0 Å². The van der Waals surface area contributed by atoms with E-state index in [9.17, 15) is 4.79 Å². The molecular formula is C21H28N4OS. The van der Waals surface area contributed by atoms with Crippen molar-refractivity contribution in [2.75, 3.05) is 31.1 Å². The zero-order valence-electron chi connectivity index (χ0n) is 16.1. The Bertz CT molecular complexity index is 830. The van der Waals surface area contributed by atoms with E-state index in [1.54, 1.807) is 17.7 Å². The van der Waals surface area contributed by atoms with Gasteiger partial charge in [-0.15, -0.1) is 11.3 Å². The summed E-state index contributed by atoms with van der Waals surface area (Å²) in [5, 5.41) is 2.17. The third-order valence-electron chi connectivity index (χ3n) is 6.97. The van der Waals surface area contributed by atoms with E-state index >= 15 is 0 Å². The van der Waals surface area contributed by atoms with Gasteiger partial charge in [-0.2, -0.15) is 0 Å². The van der Waals surface area contributed by atoms with Crippen LogP contribution in [0.1, 0.15) is 44.1 Å². The number of hydrogen-bond donors (Lipinski definition) is 0. The number of anilines is 1. The molecule has 0 bridgehead atoms. The van der Waals surface area contributed by atoms with E-state index in [2.05, 4.69) is 32.1 Å². The summed E-state index contributed by atoms with van der Waals surface area (Å²) in [6.45, 7) is 6.15. The Morgan fingerprint density at radius 2 is 1.89 bits per heavy atom. The number of carbonyl (C=O) groups excluding carboxylic acids is 1. The maximum absolute atomic E-state index is 12.8. The SMILES string of the molecule is Cc1csc2c(N3CCC(CC(=O)N4CC5CCCC5C4)CC3)ncnc12. The van der Waals surface area contributed by atoms with Crippen molar-refractivity contribution in [2.45, 2.75) is 45.4 Å². The van der Waals surface area contributed by atoms with Crippen LogP contribution in [0.4, 0.5) is 5.82 Å². The van der Waals surface area contributed by atoms with Crippen molar-refractivity contribution in [3.63, 3.8) is 0 Å². The number of hydrogen-bond acceptors (Lipinski definition) is 5. The number of amides is 1. The molecule has 2 aromatic heterocycles. The molecular weight excluding hydrogens is 356 g/mol. The van der Waals surface area contributed by atoms with Crippen LogP contribution in [0.15, 0.2) is 11.7 Å². The van der Waals surface area contributed by atoms with Crippen LogP contribution in [0.5, 0.6) is 0 Å². The first-order valence-corrected chi connectivity index (χ1v) is 11.3. The lowest BCUT2D eigenvalue weighted by Gasteiger charge is -2.33. The summed E-state index contributed by atoms with van der Waals surface area (Å²) in [5.41, 5.74) is 2.32. The van der Waals surface area contributed by atoms with E-state index in [0.717, 1.165) is 68.6 Å². The normalized spacial score (nSPS) is 26.1. The Morgan fingerprint density at radius 3 is 2.63 bits per heavy atom. The highest BCUT2D eigenvalue weighted by molar-refractivity contribution is 7.18. The highest BCUT2D eigenvalue weighted by atomic mass is 32.1. The molecule has 2 atom stereocenters. The molecule has 5 rings (SSSR count). The summed E-state index contributed by atoms with van der Waals surface area (Å²) in [6, 6.07) is 0. The molecule has 0 spiro atoms. The van der Waals surface area contributed by atoms with Crippen LogP contribution in [0, 0.1) is 24.7 Å². The second-order valence-corrected chi connectivity index (χ2v) is 9.56. The maximum Gasteiger partial charge on any atom is 0.222 e. The predicted molar refractivity (Wildman–Crippen MR) is 109 cm³/mol. The van der Waals surface area contributed by atoms with Crippen LogP contribution in [-0.2, 0) is 4.79 Å². The standard InChI is InChI=1S/C21H28N4OS/c1-14-12-27-20-19(14)22-13-23-21(20)24-7-5-15(6-8-24)9-18(26)25-10-16-3-2-4-17(16)11-25/h12-13,15-17H,2-11H2,1H3. The van der Waals surface area contributed by atoms with Crippen molar-refractivity contribution in [1.82, 2.24) is 14.9 Å². The first kappa shape index (κ1) is 17.4. The fourth-order valence-electron chi connectivity index (χ4n) is 5.35. The minimum Gasteiger partial charge on any atom is -0.355 e. The molecule has 2 aliphatic heterocycles. The van der Waals surface area contributed by atoms with Crippen LogP contribution in [0.2, 0.25) is 0 Å². The third kappa shape index (κ3) is 3.22. The van der Waals surface area contributed by atoms with Crippen LogP contribution in [0.25, 0.3) is 10.2 Å².